The predicted octanol–water partition coefficient (Wildman–Crippen LogP) is -0.964. The molecule has 0 bridgehead atoms. The Morgan fingerprint density at radius 2 is 1.86 bits per heavy atom. The standard InChI is InChI=1S/C11H25N3O5S2.ClH/c1-3-20(15,16)13-7-8-21(17,18)14-9-11(10-19-2)5-4-6-12-11;/h12-14H,3-10H2,1-2H3;1H. The Morgan fingerprint density at radius 1 is 1.18 bits per heavy atom. The molecule has 0 radical (unpaired) electrons. The van der Waals surface area contributed by atoms with Gasteiger partial charge in [0, 0.05) is 20.2 Å². The second kappa shape index (κ2) is 9.36. The molecular formula is C11H26ClN3O5S2. The highest BCUT2D eigenvalue weighted by Gasteiger charge is 2.34. The Labute approximate surface area is 139 Å². The van der Waals surface area contributed by atoms with Crippen LogP contribution >= 0.6 is 12.4 Å². The molecule has 11 heteroatoms. The maximum absolute atomic E-state index is 11.9. The van der Waals surface area contributed by atoms with Crippen molar-refractivity contribution >= 4 is 32.5 Å². The average Bonchev–Trinajstić information content (AvgIpc) is 2.86. The van der Waals surface area contributed by atoms with Gasteiger partial charge in [-0.3, -0.25) is 0 Å². The lowest BCUT2D eigenvalue weighted by molar-refractivity contribution is 0.122. The molecule has 0 amide bonds. The fourth-order valence-electron chi connectivity index (χ4n) is 2.22. The molecule has 134 valence electrons. The van der Waals surface area contributed by atoms with Crippen molar-refractivity contribution in [3.8, 4) is 0 Å². The van der Waals surface area contributed by atoms with E-state index in [1.54, 1.807) is 7.11 Å². The van der Waals surface area contributed by atoms with Gasteiger partial charge in [-0.2, -0.15) is 0 Å². The van der Waals surface area contributed by atoms with Crippen LogP contribution in [0, 0.1) is 0 Å². The van der Waals surface area contributed by atoms with Crippen LogP contribution in [-0.2, 0) is 24.8 Å². The molecule has 0 aromatic carbocycles. The van der Waals surface area contributed by atoms with Crippen LogP contribution in [0.25, 0.3) is 0 Å². The fourth-order valence-corrected chi connectivity index (χ4v) is 3.98. The van der Waals surface area contributed by atoms with Crippen LogP contribution in [0.3, 0.4) is 0 Å². The molecular weight excluding hydrogens is 354 g/mol. The largest absolute Gasteiger partial charge is 0.383 e. The van der Waals surface area contributed by atoms with Crippen molar-refractivity contribution in [3.05, 3.63) is 0 Å². The van der Waals surface area contributed by atoms with E-state index in [1.165, 1.54) is 6.92 Å². The van der Waals surface area contributed by atoms with Crippen LogP contribution in [0.1, 0.15) is 19.8 Å². The zero-order valence-corrected chi connectivity index (χ0v) is 15.4. The van der Waals surface area contributed by atoms with Crippen molar-refractivity contribution < 1.29 is 21.6 Å². The van der Waals surface area contributed by atoms with E-state index in [-0.39, 0.29) is 42.5 Å². The third kappa shape index (κ3) is 7.53. The third-order valence-electron chi connectivity index (χ3n) is 3.46. The zero-order chi connectivity index (χ0) is 16.0. The quantitative estimate of drug-likeness (QED) is 0.450. The summed E-state index contributed by atoms with van der Waals surface area (Å²) < 4.78 is 56.2. The molecule has 1 fully saturated rings. The topological polar surface area (TPSA) is 114 Å². The minimum atomic E-state index is -3.53. The van der Waals surface area contributed by atoms with Gasteiger partial charge in [0.05, 0.1) is 23.7 Å². The van der Waals surface area contributed by atoms with E-state index < -0.39 is 20.0 Å². The van der Waals surface area contributed by atoms with Crippen molar-refractivity contribution in [2.45, 2.75) is 25.3 Å². The Morgan fingerprint density at radius 3 is 2.36 bits per heavy atom. The highest BCUT2D eigenvalue weighted by Crippen LogP contribution is 2.19. The number of methoxy groups -OCH3 is 1. The molecule has 3 N–H and O–H groups in total. The van der Waals surface area contributed by atoms with Crippen LogP contribution in [0.2, 0.25) is 0 Å². The summed E-state index contributed by atoms with van der Waals surface area (Å²) in [7, 11) is -5.32. The van der Waals surface area contributed by atoms with Crippen LogP contribution in [-0.4, -0.2) is 67.2 Å². The molecule has 1 rings (SSSR count). The Balaban J connectivity index is 0.00000441. The van der Waals surface area contributed by atoms with Crippen molar-refractivity contribution in [1.82, 2.24) is 14.8 Å². The van der Waals surface area contributed by atoms with E-state index in [2.05, 4.69) is 14.8 Å². The number of halogens is 1. The summed E-state index contributed by atoms with van der Waals surface area (Å²) in [4.78, 5) is 0. The van der Waals surface area contributed by atoms with Crippen molar-refractivity contribution in [3.63, 3.8) is 0 Å². The number of nitrogens with one attached hydrogen (secondary N) is 3. The first-order valence-corrected chi connectivity index (χ1v) is 10.2. The van der Waals surface area contributed by atoms with Gasteiger partial charge in [-0.15, -0.1) is 12.4 Å². The second-order valence-corrected chi connectivity index (χ2v) is 9.20. The van der Waals surface area contributed by atoms with Crippen LogP contribution < -0.4 is 14.8 Å². The maximum atomic E-state index is 11.9. The normalized spacial score (nSPS) is 22.5. The molecule has 1 unspecified atom stereocenters. The lowest BCUT2D eigenvalue weighted by atomic mass is 9.99. The first kappa shape index (κ1) is 22.0. The summed E-state index contributed by atoms with van der Waals surface area (Å²) in [6.07, 6.45) is 1.81. The summed E-state index contributed by atoms with van der Waals surface area (Å²) in [6.45, 7) is 2.87. The lowest BCUT2D eigenvalue weighted by Crippen LogP contribution is -2.53. The van der Waals surface area contributed by atoms with Gasteiger partial charge in [-0.1, -0.05) is 0 Å². The second-order valence-electron chi connectivity index (χ2n) is 5.18. The highest BCUT2D eigenvalue weighted by atomic mass is 35.5. The number of sulfonamides is 2. The molecule has 1 heterocycles. The first-order chi connectivity index (χ1) is 9.74. The molecule has 0 aromatic rings. The molecule has 1 aliphatic heterocycles. The van der Waals surface area contributed by atoms with Crippen LogP contribution in [0.15, 0.2) is 0 Å². The Kier molecular flexibility index (Phi) is 9.37. The van der Waals surface area contributed by atoms with Crippen molar-refractivity contribution in [1.29, 1.82) is 0 Å². The van der Waals surface area contributed by atoms with E-state index >= 15 is 0 Å². The Bertz CT molecular complexity index is 518. The number of hydrogen-bond donors (Lipinski definition) is 3. The number of rotatable bonds is 10. The number of hydrogen-bond acceptors (Lipinski definition) is 6. The summed E-state index contributed by atoms with van der Waals surface area (Å²) in [5, 5.41) is 3.27. The lowest BCUT2D eigenvalue weighted by Gasteiger charge is -2.28. The smallest absolute Gasteiger partial charge is 0.212 e. The van der Waals surface area contributed by atoms with E-state index in [0.717, 1.165) is 19.4 Å². The molecule has 0 aromatic heterocycles. The average molecular weight is 380 g/mol. The molecule has 0 spiro atoms. The van der Waals surface area contributed by atoms with Gasteiger partial charge in [0.1, 0.15) is 0 Å². The third-order valence-corrected chi connectivity index (χ3v) is 6.19. The summed E-state index contributed by atoms with van der Waals surface area (Å²) in [6, 6.07) is 0. The highest BCUT2D eigenvalue weighted by molar-refractivity contribution is 7.90. The van der Waals surface area contributed by atoms with Gasteiger partial charge in [-0.25, -0.2) is 26.3 Å². The monoisotopic (exact) mass is 379 g/mol. The van der Waals surface area contributed by atoms with Crippen LogP contribution in [0.4, 0.5) is 0 Å². The molecule has 0 saturated carbocycles. The summed E-state index contributed by atoms with van der Waals surface area (Å²) in [5.74, 6) is -0.351. The van der Waals surface area contributed by atoms with Gasteiger partial charge in [0.25, 0.3) is 0 Å². The summed E-state index contributed by atoms with van der Waals surface area (Å²) >= 11 is 0. The van der Waals surface area contributed by atoms with E-state index in [9.17, 15) is 16.8 Å². The minimum absolute atomic E-state index is 0. The molecule has 0 aliphatic carbocycles. The van der Waals surface area contributed by atoms with Crippen LogP contribution in [0.5, 0.6) is 0 Å². The van der Waals surface area contributed by atoms with Gasteiger partial charge in [-0.05, 0) is 26.3 Å². The molecule has 1 aliphatic rings. The number of ether oxygens (including phenoxy) is 1. The maximum Gasteiger partial charge on any atom is 0.212 e. The minimum Gasteiger partial charge on any atom is -0.383 e. The van der Waals surface area contributed by atoms with Gasteiger partial charge >= 0.3 is 0 Å². The molecule has 8 nitrogen and oxygen atoms in total. The molecule has 1 atom stereocenters. The molecule has 22 heavy (non-hydrogen) atoms. The van der Waals surface area contributed by atoms with Gasteiger partial charge < -0.3 is 10.1 Å². The first-order valence-electron chi connectivity index (χ1n) is 6.93. The molecule has 1 saturated heterocycles. The Hall–Kier alpha value is 0.0300. The van der Waals surface area contributed by atoms with Crippen molar-refractivity contribution in [2.24, 2.45) is 0 Å². The predicted molar refractivity (Wildman–Crippen MR) is 88.3 cm³/mol. The van der Waals surface area contributed by atoms with Gasteiger partial charge in [0.2, 0.25) is 20.0 Å². The SMILES string of the molecule is CCS(=O)(=O)NCCS(=O)(=O)NCC1(COC)CCCN1.Cl. The fraction of sp³-hybridized carbons (Fsp3) is 1.00. The zero-order valence-electron chi connectivity index (χ0n) is 12.9. The van der Waals surface area contributed by atoms with Crippen molar-refractivity contribution in [2.75, 3.05) is 44.9 Å². The van der Waals surface area contributed by atoms with Gasteiger partial charge in [0.15, 0.2) is 0 Å². The summed E-state index contributed by atoms with van der Waals surface area (Å²) in [5.41, 5.74) is -0.370. The van der Waals surface area contributed by atoms with E-state index in [1.807, 2.05) is 0 Å². The van der Waals surface area contributed by atoms with E-state index in [0.29, 0.717) is 6.61 Å². The van der Waals surface area contributed by atoms with E-state index in [4.69, 9.17) is 4.74 Å².